The van der Waals surface area contributed by atoms with Crippen LogP contribution in [-0.4, -0.2) is 10.9 Å². The van der Waals surface area contributed by atoms with Crippen molar-refractivity contribution in [2.24, 2.45) is 5.73 Å². The van der Waals surface area contributed by atoms with Crippen LogP contribution in [0.15, 0.2) is 53.3 Å². The summed E-state index contributed by atoms with van der Waals surface area (Å²) in [4.78, 5) is 24.7. The molecule has 10 heteroatoms. The maximum atomic E-state index is 13.3. The zero-order valence-electron chi connectivity index (χ0n) is 15.0. The second kappa shape index (κ2) is 7.97. The lowest BCUT2D eigenvalue weighted by atomic mass is 10.0. The van der Waals surface area contributed by atoms with Crippen LogP contribution < -0.4 is 16.0 Å². The summed E-state index contributed by atoms with van der Waals surface area (Å²) in [5.74, 6) is -2.96. The number of benzene rings is 2. The van der Waals surface area contributed by atoms with E-state index in [0.29, 0.717) is 5.56 Å². The highest BCUT2D eigenvalue weighted by atomic mass is 19.4. The molecule has 1 heterocycles. The Morgan fingerprint density at radius 3 is 2.23 bits per heavy atom. The van der Waals surface area contributed by atoms with Gasteiger partial charge in [-0.25, -0.2) is 8.78 Å². The molecule has 1 aromatic heterocycles. The smallest absolute Gasteiger partial charge is 0.431 e. The number of aromatic amines is 1. The lowest BCUT2D eigenvalue weighted by Crippen LogP contribution is -2.27. The van der Waals surface area contributed by atoms with E-state index in [1.54, 1.807) is 4.98 Å². The highest BCUT2D eigenvalue weighted by molar-refractivity contribution is 5.94. The van der Waals surface area contributed by atoms with E-state index in [1.807, 2.05) is 0 Å². The molecule has 0 saturated heterocycles. The third-order valence-corrected chi connectivity index (χ3v) is 4.14. The highest BCUT2D eigenvalue weighted by Crippen LogP contribution is 2.35. The Labute approximate surface area is 165 Å². The van der Waals surface area contributed by atoms with Gasteiger partial charge in [-0.1, -0.05) is 18.2 Å². The van der Waals surface area contributed by atoms with Crippen LogP contribution in [0.1, 0.15) is 21.6 Å². The van der Waals surface area contributed by atoms with Crippen molar-refractivity contribution in [2.75, 3.05) is 0 Å². The van der Waals surface area contributed by atoms with Gasteiger partial charge in [-0.05, 0) is 41.5 Å². The number of ether oxygens (including phenoxy) is 1. The molecular formula is C20H13F5N2O3. The van der Waals surface area contributed by atoms with Gasteiger partial charge >= 0.3 is 6.18 Å². The van der Waals surface area contributed by atoms with Crippen molar-refractivity contribution in [3.8, 4) is 16.9 Å². The largest absolute Gasteiger partial charge is 0.489 e. The quantitative estimate of drug-likeness (QED) is 0.607. The standard InChI is InChI=1S/C20H13F5N2O3/c21-15-6-1-10(7-16(15)22)9-30-12-4-2-11(3-5-12)13-8-14(18(26)28)19(29)27-17(13)20(23,24)25/h1-8H,9H2,(H2,26,28)(H,27,29). The lowest BCUT2D eigenvalue weighted by Gasteiger charge is -2.14. The molecule has 0 atom stereocenters. The SMILES string of the molecule is NC(=O)c1cc(-c2ccc(OCc3ccc(F)c(F)c3)cc2)c(C(F)(F)F)[nH]c1=O. The number of rotatable bonds is 5. The van der Waals surface area contributed by atoms with Gasteiger partial charge in [0.15, 0.2) is 11.6 Å². The Hall–Kier alpha value is -3.69. The summed E-state index contributed by atoms with van der Waals surface area (Å²) < 4.78 is 71.6. The van der Waals surface area contributed by atoms with Gasteiger partial charge in [0.25, 0.3) is 11.5 Å². The number of carbonyl (C=O) groups is 1. The van der Waals surface area contributed by atoms with E-state index in [0.717, 1.165) is 18.2 Å². The van der Waals surface area contributed by atoms with Crippen LogP contribution in [-0.2, 0) is 12.8 Å². The highest BCUT2D eigenvalue weighted by Gasteiger charge is 2.36. The second-order valence-electron chi connectivity index (χ2n) is 6.22. The summed E-state index contributed by atoms with van der Waals surface area (Å²) in [5.41, 5.74) is 1.82. The zero-order chi connectivity index (χ0) is 22.1. The first-order chi connectivity index (χ1) is 14.1. The maximum absolute atomic E-state index is 13.3. The molecule has 0 fully saturated rings. The number of alkyl halides is 3. The first-order valence-corrected chi connectivity index (χ1v) is 8.37. The van der Waals surface area contributed by atoms with Crippen LogP contribution >= 0.6 is 0 Å². The monoisotopic (exact) mass is 424 g/mol. The maximum Gasteiger partial charge on any atom is 0.431 e. The molecule has 0 unspecified atom stereocenters. The van der Waals surface area contributed by atoms with Gasteiger partial charge in [-0.2, -0.15) is 13.2 Å². The molecule has 1 amide bonds. The number of nitrogens with two attached hydrogens (primary N) is 1. The molecule has 5 nitrogen and oxygen atoms in total. The summed E-state index contributed by atoms with van der Waals surface area (Å²) in [6.45, 7) is -0.102. The summed E-state index contributed by atoms with van der Waals surface area (Å²) >= 11 is 0. The molecule has 3 aromatic rings. The number of hydrogen-bond donors (Lipinski definition) is 2. The summed E-state index contributed by atoms with van der Waals surface area (Å²) in [6.07, 6.45) is -4.88. The van der Waals surface area contributed by atoms with Crippen LogP contribution in [0.5, 0.6) is 5.75 Å². The van der Waals surface area contributed by atoms with Crippen molar-refractivity contribution in [1.29, 1.82) is 0 Å². The predicted molar refractivity (Wildman–Crippen MR) is 96.7 cm³/mol. The minimum atomic E-state index is -4.88. The number of hydrogen-bond acceptors (Lipinski definition) is 3. The second-order valence-corrected chi connectivity index (χ2v) is 6.22. The minimum absolute atomic E-state index is 0.0428. The Balaban J connectivity index is 1.90. The number of pyridine rings is 1. The molecule has 0 radical (unpaired) electrons. The summed E-state index contributed by atoms with van der Waals surface area (Å²) in [7, 11) is 0. The average molecular weight is 424 g/mol. The average Bonchev–Trinajstić information content (AvgIpc) is 2.68. The van der Waals surface area contributed by atoms with E-state index in [1.165, 1.54) is 30.3 Å². The number of carbonyl (C=O) groups excluding carboxylic acids is 1. The first kappa shape index (κ1) is 21.0. The third-order valence-electron chi connectivity index (χ3n) is 4.14. The molecular weight excluding hydrogens is 411 g/mol. The van der Waals surface area contributed by atoms with Crippen LogP contribution in [0, 0.1) is 11.6 Å². The van der Waals surface area contributed by atoms with Gasteiger partial charge < -0.3 is 15.5 Å². The van der Waals surface area contributed by atoms with Crippen molar-refractivity contribution >= 4 is 5.91 Å². The molecule has 156 valence electrons. The summed E-state index contributed by atoms with van der Waals surface area (Å²) in [6, 6.07) is 9.29. The van der Waals surface area contributed by atoms with Crippen LogP contribution in [0.4, 0.5) is 22.0 Å². The van der Waals surface area contributed by atoms with E-state index in [4.69, 9.17) is 10.5 Å². The van der Waals surface area contributed by atoms with Gasteiger partial charge in [0, 0.05) is 5.56 Å². The van der Waals surface area contributed by atoms with E-state index < -0.39 is 46.1 Å². The van der Waals surface area contributed by atoms with Gasteiger partial charge in [0.1, 0.15) is 23.6 Å². The molecule has 0 aliphatic rings. The Bertz CT molecular complexity index is 1150. The molecule has 2 aromatic carbocycles. The predicted octanol–water partition coefficient (Wildman–Crippen LogP) is 4.02. The van der Waals surface area contributed by atoms with Crippen LogP contribution in [0.3, 0.4) is 0 Å². The topological polar surface area (TPSA) is 85.2 Å². The fraction of sp³-hybridized carbons (Fsp3) is 0.100. The number of halogens is 5. The van der Waals surface area contributed by atoms with Crippen LogP contribution in [0.25, 0.3) is 11.1 Å². The molecule has 0 aliphatic carbocycles. The number of amides is 1. The molecule has 0 spiro atoms. The first-order valence-electron chi connectivity index (χ1n) is 8.37. The van der Waals surface area contributed by atoms with Crippen molar-refractivity contribution in [3.05, 3.63) is 87.3 Å². The Kier molecular flexibility index (Phi) is 5.59. The van der Waals surface area contributed by atoms with Gasteiger partial charge in [0.2, 0.25) is 0 Å². The van der Waals surface area contributed by atoms with E-state index in [-0.39, 0.29) is 17.9 Å². The molecule has 3 rings (SSSR count). The van der Waals surface area contributed by atoms with Gasteiger partial charge in [0.05, 0.1) is 0 Å². The van der Waals surface area contributed by atoms with Gasteiger partial charge in [-0.15, -0.1) is 0 Å². The fourth-order valence-electron chi connectivity index (χ4n) is 2.69. The number of nitrogens with one attached hydrogen (secondary N) is 1. The molecule has 0 saturated carbocycles. The Morgan fingerprint density at radius 2 is 1.67 bits per heavy atom. The van der Waals surface area contributed by atoms with Gasteiger partial charge in [-0.3, -0.25) is 9.59 Å². The molecule has 0 bridgehead atoms. The Morgan fingerprint density at radius 1 is 1.00 bits per heavy atom. The van der Waals surface area contributed by atoms with Crippen LogP contribution in [0.2, 0.25) is 0 Å². The third kappa shape index (κ3) is 4.48. The van der Waals surface area contributed by atoms with Crippen molar-refractivity contribution < 1.29 is 31.5 Å². The lowest BCUT2D eigenvalue weighted by molar-refractivity contribution is -0.140. The molecule has 30 heavy (non-hydrogen) atoms. The van der Waals surface area contributed by atoms with E-state index in [9.17, 15) is 31.5 Å². The van der Waals surface area contributed by atoms with Crippen molar-refractivity contribution in [3.63, 3.8) is 0 Å². The molecule has 3 N–H and O–H groups in total. The molecule has 0 aliphatic heterocycles. The number of H-pyrrole nitrogens is 1. The van der Waals surface area contributed by atoms with Crippen molar-refractivity contribution in [2.45, 2.75) is 12.8 Å². The minimum Gasteiger partial charge on any atom is -0.489 e. The van der Waals surface area contributed by atoms with E-state index >= 15 is 0 Å². The van der Waals surface area contributed by atoms with E-state index in [2.05, 4.69) is 0 Å². The zero-order valence-corrected chi connectivity index (χ0v) is 15.0. The number of primary amides is 1. The van der Waals surface area contributed by atoms with Crippen molar-refractivity contribution in [1.82, 2.24) is 4.98 Å². The number of aromatic nitrogens is 1. The summed E-state index contributed by atoms with van der Waals surface area (Å²) in [5, 5.41) is 0. The normalized spacial score (nSPS) is 11.4. The fourth-order valence-corrected chi connectivity index (χ4v) is 2.69.